The van der Waals surface area contributed by atoms with Crippen LogP contribution in [0.4, 0.5) is 0 Å². The van der Waals surface area contributed by atoms with Crippen LogP contribution in [0.15, 0.2) is 29.4 Å². The predicted octanol–water partition coefficient (Wildman–Crippen LogP) is 2.56. The first-order chi connectivity index (χ1) is 10.2. The maximum atomic E-state index is 11.0. The topological polar surface area (TPSA) is 62.1 Å². The van der Waals surface area contributed by atoms with Crippen LogP contribution in [-0.2, 0) is 9.63 Å². The average Bonchev–Trinajstić information content (AvgIpc) is 2.49. The lowest BCUT2D eigenvalue weighted by atomic mass is 9.98. The summed E-state index contributed by atoms with van der Waals surface area (Å²) in [5, 5.41) is 13.0. The molecule has 0 radical (unpaired) electrons. The molecule has 0 spiro atoms. The Kier molecular flexibility index (Phi) is 7.91. The third-order valence-electron chi connectivity index (χ3n) is 3.81. The van der Waals surface area contributed by atoms with Gasteiger partial charge in [-0.25, -0.2) is 0 Å². The molecule has 0 aromatic heterocycles. The van der Waals surface area contributed by atoms with Crippen molar-refractivity contribution in [3.63, 3.8) is 0 Å². The van der Waals surface area contributed by atoms with Gasteiger partial charge < -0.3 is 9.94 Å². The zero-order valence-corrected chi connectivity index (χ0v) is 13.6. The number of carboxylic acid groups (broad SMARTS) is 1. The Balaban J connectivity index is 0.00000242. The minimum atomic E-state index is -0.696. The van der Waals surface area contributed by atoms with E-state index < -0.39 is 5.97 Å². The third kappa shape index (κ3) is 5.66. The van der Waals surface area contributed by atoms with Crippen LogP contribution < -0.4 is 0 Å². The molecule has 0 aliphatic carbocycles. The van der Waals surface area contributed by atoms with Crippen molar-refractivity contribution in [3.8, 4) is 0 Å². The van der Waals surface area contributed by atoms with Gasteiger partial charge >= 0.3 is 5.97 Å². The van der Waals surface area contributed by atoms with Crippen molar-refractivity contribution in [1.29, 1.82) is 0 Å². The van der Waals surface area contributed by atoms with Crippen LogP contribution in [0.2, 0.25) is 0 Å². The molecule has 1 saturated heterocycles. The highest BCUT2D eigenvalue weighted by atomic mass is 35.5. The number of carbonyl (C=O) groups is 1. The molecular formula is C16H23ClN2O3. The summed E-state index contributed by atoms with van der Waals surface area (Å²) in [5.74, 6) is -0.938. The Morgan fingerprint density at radius 3 is 3.00 bits per heavy atom. The van der Waals surface area contributed by atoms with Crippen LogP contribution in [0.5, 0.6) is 0 Å². The normalized spacial score (nSPS) is 18.9. The second kappa shape index (κ2) is 9.43. The molecule has 1 aliphatic rings. The largest absolute Gasteiger partial charge is 0.481 e. The van der Waals surface area contributed by atoms with Gasteiger partial charge in [0.1, 0.15) is 6.61 Å². The van der Waals surface area contributed by atoms with Crippen molar-refractivity contribution in [3.05, 3.63) is 35.4 Å². The van der Waals surface area contributed by atoms with Gasteiger partial charge in [0.2, 0.25) is 0 Å². The van der Waals surface area contributed by atoms with Crippen molar-refractivity contribution in [1.82, 2.24) is 4.90 Å². The number of nitrogens with zero attached hydrogens (tertiary/aromatic N) is 2. The third-order valence-corrected chi connectivity index (χ3v) is 3.81. The fourth-order valence-corrected chi connectivity index (χ4v) is 2.51. The summed E-state index contributed by atoms with van der Waals surface area (Å²) in [6.07, 6.45) is 3.42. The van der Waals surface area contributed by atoms with Gasteiger partial charge in [0.05, 0.1) is 12.1 Å². The number of hydrogen-bond donors (Lipinski definition) is 1. The van der Waals surface area contributed by atoms with Gasteiger partial charge in [-0.15, -0.1) is 12.4 Å². The number of piperidine rings is 1. The second-order valence-corrected chi connectivity index (χ2v) is 5.40. The molecule has 1 aromatic carbocycles. The van der Waals surface area contributed by atoms with Crippen molar-refractivity contribution in [2.75, 3.05) is 26.2 Å². The first-order valence-corrected chi connectivity index (χ1v) is 7.33. The molecule has 22 heavy (non-hydrogen) atoms. The van der Waals surface area contributed by atoms with Crippen molar-refractivity contribution in [2.45, 2.75) is 19.8 Å². The summed E-state index contributed by atoms with van der Waals surface area (Å²) in [6.45, 7) is 4.78. The number of carboxylic acids is 1. The summed E-state index contributed by atoms with van der Waals surface area (Å²) >= 11 is 0. The average molecular weight is 327 g/mol. The van der Waals surface area contributed by atoms with Crippen LogP contribution in [-0.4, -0.2) is 48.4 Å². The van der Waals surface area contributed by atoms with E-state index >= 15 is 0 Å². The summed E-state index contributed by atoms with van der Waals surface area (Å²) in [5.41, 5.74) is 2.20. The minimum Gasteiger partial charge on any atom is -0.481 e. The summed E-state index contributed by atoms with van der Waals surface area (Å²) < 4.78 is 0. The monoisotopic (exact) mass is 326 g/mol. The Morgan fingerprint density at radius 1 is 1.50 bits per heavy atom. The summed E-state index contributed by atoms with van der Waals surface area (Å²) in [6, 6.07) is 7.97. The molecule has 122 valence electrons. The van der Waals surface area contributed by atoms with Gasteiger partial charge in [-0.3, -0.25) is 9.69 Å². The zero-order valence-electron chi connectivity index (χ0n) is 12.8. The standard InChI is InChI=1S/C16H22N2O3.ClH/c1-13-5-2-3-6-14(13)11-17-21-10-9-18-8-4-7-15(12-18)16(19)20;/h2-3,5-6,11,15H,4,7-10,12H2,1H3,(H,19,20);1H/b17-11-;/t15-;/m1./s1. The van der Waals surface area contributed by atoms with Gasteiger partial charge in [-0.1, -0.05) is 29.4 Å². The van der Waals surface area contributed by atoms with Crippen LogP contribution >= 0.6 is 12.4 Å². The zero-order chi connectivity index (χ0) is 15.1. The van der Waals surface area contributed by atoms with Gasteiger partial charge in [0.15, 0.2) is 0 Å². The Bertz CT molecular complexity index is 508. The lowest BCUT2D eigenvalue weighted by molar-refractivity contribution is -0.143. The molecule has 0 saturated carbocycles. The molecule has 6 heteroatoms. The predicted molar refractivity (Wildman–Crippen MR) is 88.8 cm³/mol. The van der Waals surface area contributed by atoms with Crippen molar-refractivity contribution < 1.29 is 14.7 Å². The van der Waals surface area contributed by atoms with Crippen LogP contribution in [0.3, 0.4) is 0 Å². The maximum Gasteiger partial charge on any atom is 0.307 e. The van der Waals surface area contributed by atoms with Gasteiger partial charge in [-0.05, 0) is 37.4 Å². The van der Waals surface area contributed by atoms with Gasteiger partial charge in [0, 0.05) is 13.1 Å². The van der Waals surface area contributed by atoms with Crippen LogP contribution in [0.25, 0.3) is 0 Å². The number of oxime groups is 1. The van der Waals surface area contributed by atoms with E-state index in [9.17, 15) is 4.79 Å². The number of halogens is 1. The van der Waals surface area contributed by atoms with Gasteiger partial charge in [-0.2, -0.15) is 0 Å². The first kappa shape index (κ1) is 18.5. The van der Waals surface area contributed by atoms with Gasteiger partial charge in [0.25, 0.3) is 0 Å². The number of aryl methyl sites for hydroxylation is 1. The smallest absolute Gasteiger partial charge is 0.307 e. The van der Waals surface area contributed by atoms with E-state index in [-0.39, 0.29) is 18.3 Å². The van der Waals surface area contributed by atoms with Crippen molar-refractivity contribution in [2.24, 2.45) is 11.1 Å². The molecule has 1 aliphatic heterocycles. The van der Waals surface area contributed by atoms with Crippen molar-refractivity contribution >= 4 is 24.6 Å². The molecule has 0 unspecified atom stereocenters. The molecule has 2 rings (SSSR count). The molecule has 0 amide bonds. The van der Waals surface area contributed by atoms with E-state index in [1.165, 1.54) is 0 Å². The van der Waals surface area contributed by atoms with E-state index in [0.29, 0.717) is 13.2 Å². The Labute approximate surface area is 137 Å². The fourth-order valence-electron chi connectivity index (χ4n) is 2.51. The molecule has 1 fully saturated rings. The Morgan fingerprint density at radius 2 is 2.27 bits per heavy atom. The molecule has 1 aromatic rings. The Hall–Kier alpha value is -1.59. The molecule has 1 heterocycles. The second-order valence-electron chi connectivity index (χ2n) is 5.40. The van der Waals surface area contributed by atoms with E-state index in [2.05, 4.69) is 10.1 Å². The van der Waals surface area contributed by atoms with E-state index in [1.807, 2.05) is 31.2 Å². The highest BCUT2D eigenvalue weighted by Crippen LogP contribution is 2.16. The lowest BCUT2D eigenvalue weighted by Gasteiger charge is -2.29. The summed E-state index contributed by atoms with van der Waals surface area (Å²) in [4.78, 5) is 18.4. The lowest BCUT2D eigenvalue weighted by Crippen LogP contribution is -2.40. The highest BCUT2D eigenvalue weighted by molar-refractivity contribution is 5.85. The van der Waals surface area contributed by atoms with Crippen LogP contribution in [0.1, 0.15) is 24.0 Å². The van der Waals surface area contributed by atoms with E-state index in [0.717, 1.165) is 37.1 Å². The number of rotatable bonds is 6. The minimum absolute atomic E-state index is 0. The van der Waals surface area contributed by atoms with Crippen LogP contribution in [0, 0.1) is 12.8 Å². The maximum absolute atomic E-state index is 11.0. The molecule has 5 nitrogen and oxygen atoms in total. The molecule has 1 atom stereocenters. The number of aliphatic carboxylic acids is 1. The summed E-state index contributed by atoms with van der Waals surface area (Å²) in [7, 11) is 0. The highest BCUT2D eigenvalue weighted by Gasteiger charge is 2.24. The number of benzene rings is 1. The quantitative estimate of drug-likeness (QED) is 0.496. The first-order valence-electron chi connectivity index (χ1n) is 7.33. The molecule has 0 bridgehead atoms. The fraction of sp³-hybridized carbons (Fsp3) is 0.500. The van der Waals surface area contributed by atoms with E-state index in [1.54, 1.807) is 6.21 Å². The molecular weight excluding hydrogens is 304 g/mol. The number of hydrogen-bond acceptors (Lipinski definition) is 4. The molecule has 1 N–H and O–H groups in total. The SMILES string of the molecule is Cc1ccccc1/C=N\OCCN1CCC[C@@H](C(=O)O)C1.Cl. The number of likely N-dealkylation sites (tertiary alicyclic amines) is 1. The van der Waals surface area contributed by atoms with E-state index in [4.69, 9.17) is 9.94 Å².